The van der Waals surface area contributed by atoms with Crippen LogP contribution < -0.4 is 0 Å². The first-order valence-electron chi connectivity index (χ1n) is 7.90. The van der Waals surface area contributed by atoms with E-state index in [4.69, 9.17) is 0 Å². The van der Waals surface area contributed by atoms with E-state index in [1.165, 1.54) is 5.56 Å². The molecule has 1 atom stereocenters. The third-order valence-corrected chi connectivity index (χ3v) is 4.27. The maximum atomic E-state index is 12.4. The number of nitrogens with zero attached hydrogens (tertiary/aromatic N) is 3. The fourth-order valence-corrected chi connectivity index (χ4v) is 3.04. The molecule has 4 nitrogen and oxygen atoms in total. The second-order valence-corrected chi connectivity index (χ2v) is 5.80. The monoisotopic (exact) mass is 295 g/mol. The Morgan fingerprint density at radius 1 is 1.23 bits per heavy atom. The van der Waals surface area contributed by atoms with E-state index >= 15 is 0 Å². The van der Waals surface area contributed by atoms with Gasteiger partial charge in [-0.1, -0.05) is 30.3 Å². The summed E-state index contributed by atoms with van der Waals surface area (Å²) < 4.78 is 0. The summed E-state index contributed by atoms with van der Waals surface area (Å²) in [4.78, 5) is 22.7. The smallest absolute Gasteiger partial charge is 0.222 e. The molecular formula is C18H21N3O. The van der Waals surface area contributed by atoms with E-state index in [-0.39, 0.29) is 5.91 Å². The van der Waals surface area contributed by atoms with E-state index < -0.39 is 0 Å². The number of hydrogen-bond acceptors (Lipinski definition) is 3. The fourth-order valence-electron chi connectivity index (χ4n) is 3.04. The van der Waals surface area contributed by atoms with Gasteiger partial charge in [0.1, 0.15) is 6.33 Å². The van der Waals surface area contributed by atoms with Gasteiger partial charge in [-0.2, -0.15) is 0 Å². The van der Waals surface area contributed by atoms with Crippen molar-refractivity contribution < 1.29 is 4.79 Å². The van der Waals surface area contributed by atoms with Gasteiger partial charge in [0.2, 0.25) is 5.91 Å². The van der Waals surface area contributed by atoms with Gasteiger partial charge in [0, 0.05) is 37.3 Å². The molecule has 114 valence electrons. The van der Waals surface area contributed by atoms with E-state index in [2.05, 4.69) is 22.1 Å². The Hall–Kier alpha value is -2.23. The van der Waals surface area contributed by atoms with Crippen molar-refractivity contribution in [1.29, 1.82) is 0 Å². The summed E-state index contributed by atoms with van der Waals surface area (Å²) in [7, 11) is 0. The maximum Gasteiger partial charge on any atom is 0.222 e. The molecule has 0 N–H and O–H groups in total. The molecule has 0 saturated carbocycles. The van der Waals surface area contributed by atoms with Crippen molar-refractivity contribution in [1.82, 2.24) is 14.9 Å². The van der Waals surface area contributed by atoms with Crippen LogP contribution in [-0.4, -0.2) is 33.9 Å². The molecule has 22 heavy (non-hydrogen) atoms. The zero-order chi connectivity index (χ0) is 15.2. The predicted molar refractivity (Wildman–Crippen MR) is 85.4 cm³/mol. The van der Waals surface area contributed by atoms with Crippen LogP contribution in [0, 0.1) is 0 Å². The van der Waals surface area contributed by atoms with Crippen molar-refractivity contribution in [2.75, 3.05) is 13.1 Å². The molecule has 3 rings (SSSR count). The predicted octanol–water partition coefficient (Wildman–Crippen LogP) is 2.82. The number of benzene rings is 1. The highest BCUT2D eigenvalue weighted by molar-refractivity contribution is 5.76. The summed E-state index contributed by atoms with van der Waals surface area (Å²) in [6.07, 6.45) is 6.91. The Balaban J connectivity index is 1.56. The van der Waals surface area contributed by atoms with Crippen molar-refractivity contribution in [2.45, 2.75) is 31.6 Å². The Kier molecular flexibility index (Phi) is 4.78. The molecule has 2 heterocycles. The third kappa shape index (κ3) is 3.70. The average Bonchev–Trinajstić information content (AvgIpc) is 2.61. The summed E-state index contributed by atoms with van der Waals surface area (Å²) in [5.74, 6) is 0.597. The number of amides is 1. The number of hydrogen-bond donors (Lipinski definition) is 0. The lowest BCUT2D eigenvalue weighted by molar-refractivity contribution is -0.132. The van der Waals surface area contributed by atoms with Crippen LogP contribution in [0.3, 0.4) is 0 Å². The standard InChI is InChI=1S/C18H21N3O/c22-18(9-8-15-5-2-1-3-6-15)21-12-4-7-16(13-21)17-10-11-19-14-20-17/h1-3,5-6,10-11,14,16H,4,7-9,12-13H2/t16-/m0/s1. The van der Waals surface area contributed by atoms with Crippen LogP contribution in [0.4, 0.5) is 0 Å². The Bertz CT molecular complexity index is 600. The highest BCUT2D eigenvalue weighted by Crippen LogP contribution is 2.25. The lowest BCUT2D eigenvalue weighted by Gasteiger charge is -2.32. The second-order valence-electron chi connectivity index (χ2n) is 5.80. The molecule has 0 radical (unpaired) electrons. The number of piperidine rings is 1. The highest BCUT2D eigenvalue weighted by atomic mass is 16.2. The van der Waals surface area contributed by atoms with Gasteiger partial charge in [-0.3, -0.25) is 4.79 Å². The van der Waals surface area contributed by atoms with Crippen molar-refractivity contribution in [3.63, 3.8) is 0 Å². The second kappa shape index (κ2) is 7.16. The fraction of sp³-hybridized carbons (Fsp3) is 0.389. The molecule has 0 aliphatic carbocycles. The van der Waals surface area contributed by atoms with Crippen LogP contribution in [0.15, 0.2) is 48.9 Å². The number of carbonyl (C=O) groups is 1. The molecule has 0 spiro atoms. The third-order valence-electron chi connectivity index (χ3n) is 4.27. The van der Waals surface area contributed by atoms with Crippen LogP contribution in [0.1, 0.15) is 36.4 Å². The zero-order valence-corrected chi connectivity index (χ0v) is 12.7. The quantitative estimate of drug-likeness (QED) is 0.871. The first-order chi connectivity index (χ1) is 10.8. The Morgan fingerprint density at radius 3 is 2.86 bits per heavy atom. The van der Waals surface area contributed by atoms with Crippen LogP contribution in [0.5, 0.6) is 0 Å². The number of carbonyl (C=O) groups excluding carboxylic acids is 1. The molecule has 4 heteroatoms. The van der Waals surface area contributed by atoms with Gasteiger partial charge in [0.15, 0.2) is 0 Å². The summed E-state index contributed by atoms with van der Waals surface area (Å²) in [5.41, 5.74) is 2.27. The van der Waals surface area contributed by atoms with Gasteiger partial charge in [-0.05, 0) is 30.9 Å². The lowest BCUT2D eigenvalue weighted by Crippen LogP contribution is -2.39. The minimum atomic E-state index is 0.252. The molecule has 1 amide bonds. The molecule has 1 aromatic heterocycles. The molecule has 1 saturated heterocycles. The lowest BCUT2D eigenvalue weighted by atomic mass is 9.94. The van der Waals surface area contributed by atoms with Gasteiger partial charge in [-0.15, -0.1) is 0 Å². The Labute approximate surface area is 131 Å². The zero-order valence-electron chi connectivity index (χ0n) is 12.7. The molecule has 0 unspecified atom stereocenters. The molecule has 1 aliphatic rings. The topological polar surface area (TPSA) is 46.1 Å². The van der Waals surface area contributed by atoms with Gasteiger partial charge >= 0.3 is 0 Å². The molecule has 1 aliphatic heterocycles. The number of rotatable bonds is 4. The molecule has 2 aromatic rings. The van der Waals surface area contributed by atoms with E-state index in [9.17, 15) is 4.79 Å². The summed E-state index contributed by atoms with van der Waals surface area (Å²) in [6, 6.07) is 12.2. The van der Waals surface area contributed by atoms with Gasteiger partial charge in [0.25, 0.3) is 0 Å². The summed E-state index contributed by atoms with van der Waals surface area (Å²) >= 11 is 0. The van der Waals surface area contributed by atoms with E-state index in [0.29, 0.717) is 12.3 Å². The van der Waals surface area contributed by atoms with Crippen molar-refractivity contribution in [3.8, 4) is 0 Å². The Morgan fingerprint density at radius 2 is 2.09 bits per heavy atom. The first-order valence-corrected chi connectivity index (χ1v) is 7.90. The van der Waals surface area contributed by atoms with E-state index in [1.54, 1.807) is 12.5 Å². The maximum absolute atomic E-state index is 12.4. The van der Waals surface area contributed by atoms with Crippen LogP contribution in [0.25, 0.3) is 0 Å². The number of likely N-dealkylation sites (tertiary alicyclic amines) is 1. The van der Waals surface area contributed by atoms with Crippen LogP contribution in [-0.2, 0) is 11.2 Å². The SMILES string of the molecule is O=C(CCc1ccccc1)N1CCC[C@H](c2ccncn2)C1. The number of aryl methyl sites for hydroxylation is 1. The van der Waals surface area contributed by atoms with Crippen LogP contribution in [0.2, 0.25) is 0 Å². The minimum absolute atomic E-state index is 0.252. The highest BCUT2D eigenvalue weighted by Gasteiger charge is 2.25. The summed E-state index contributed by atoms with van der Waals surface area (Å²) in [6.45, 7) is 1.65. The van der Waals surface area contributed by atoms with Crippen molar-refractivity contribution in [3.05, 3.63) is 60.2 Å². The average molecular weight is 295 g/mol. The largest absolute Gasteiger partial charge is 0.342 e. The first kappa shape index (κ1) is 14.7. The minimum Gasteiger partial charge on any atom is -0.342 e. The van der Waals surface area contributed by atoms with Gasteiger partial charge in [0.05, 0.1) is 0 Å². The molecule has 0 bridgehead atoms. The van der Waals surface area contributed by atoms with Crippen LogP contribution >= 0.6 is 0 Å². The normalized spacial score (nSPS) is 18.2. The van der Waals surface area contributed by atoms with Crippen molar-refractivity contribution >= 4 is 5.91 Å². The van der Waals surface area contributed by atoms with Crippen molar-refractivity contribution in [2.24, 2.45) is 0 Å². The van der Waals surface area contributed by atoms with Gasteiger partial charge in [-0.25, -0.2) is 9.97 Å². The van der Waals surface area contributed by atoms with E-state index in [1.807, 2.05) is 29.2 Å². The summed E-state index contributed by atoms with van der Waals surface area (Å²) in [5, 5.41) is 0. The van der Waals surface area contributed by atoms with Gasteiger partial charge < -0.3 is 4.90 Å². The number of aromatic nitrogens is 2. The molecule has 1 aromatic carbocycles. The molecular weight excluding hydrogens is 274 g/mol. The molecule has 1 fully saturated rings. The van der Waals surface area contributed by atoms with E-state index in [0.717, 1.165) is 38.0 Å².